The Balaban J connectivity index is 2.05. The van der Waals surface area contributed by atoms with E-state index in [4.69, 9.17) is 0 Å². The second-order valence-electron chi connectivity index (χ2n) is 5.05. The summed E-state index contributed by atoms with van der Waals surface area (Å²) in [6, 6.07) is 7.02. The van der Waals surface area contributed by atoms with Crippen LogP contribution in [0.15, 0.2) is 36.7 Å². The van der Waals surface area contributed by atoms with Crippen LogP contribution in [0.4, 0.5) is 4.39 Å². The van der Waals surface area contributed by atoms with E-state index in [9.17, 15) is 4.39 Å². The number of nitrogens with zero attached hydrogens (tertiary/aromatic N) is 2. The molecule has 1 N–H and O–H groups in total. The van der Waals surface area contributed by atoms with Gasteiger partial charge in [-0.25, -0.2) is 9.37 Å². The van der Waals surface area contributed by atoms with Gasteiger partial charge in [0.25, 0.3) is 0 Å². The van der Waals surface area contributed by atoms with E-state index in [1.54, 1.807) is 12.1 Å². The number of imidazole rings is 1. The van der Waals surface area contributed by atoms with E-state index in [1.807, 2.05) is 30.1 Å². The molecule has 1 atom stereocenters. The van der Waals surface area contributed by atoms with E-state index in [1.165, 1.54) is 6.07 Å². The summed E-state index contributed by atoms with van der Waals surface area (Å²) in [4.78, 5) is 4.34. The molecule has 1 unspecified atom stereocenters. The van der Waals surface area contributed by atoms with Crippen molar-refractivity contribution in [2.45, 2.75) is 32.2 Å². The molecule has 0 fully saturated rings. The zero-order chi connectivity index (χ0) is 14.4. The fraction of sp³-hybridized carbons (Fsp3) is 0.438. The van der Waals surface area contributed by atoms with Gasteiger partial charge in [-0.1, -0.05) is 19.1 Å². The van der Waals surface area contributed by atoms with E-state index < -0.39 is 0 Å². The summed E-state index contributed by atoms with van der Waals surface area (Å²) in [6.07, 6.45) is 6.61. The average molecular weight is 275 g/mol. The molecule has 1 heterocycles. The molecule has 1 aromatic carbocycles. The Hall–Kier alpha value is -1.68. The first-order chi connectivity index (χ1) is 9.70. The highest BCUT2D eigenvalue weighted by molar-refractivity contribution is 5.20. The van der Waals surface area contributed by atoms with Gasteiger partial charge in [0.2, 0.25) is 0 Å². The van der Waals surface area contributed by atoms with Gasteiger partial charge in [0.15, 0.2) is 0 Å². The molecular formula is C16H22FN3. The topological polar surface area (TPSA) is 29.9 Å². The minimum Gasteiger partial charge on any atom is -0.338 e. The number of nitrogens with one attached hydrogen (secondary N) is 1. The maximum Gasteiger partial charge on any atom is 0.123 e. The van der Waals surface area contributed by atoms with Crippen molar-refractivity contribution >= 4 is 0 Å². The predicted octanol–water partition coefficient (Wildman–Crippen LogP) is 3.23. The molecule has 3 nitrogen and oxygen atoms in total. The molecule has 108 valence electrons. The number of benzene rings is 1. The minimum absolute atomic E-state index is 0.169. The number of hydrogen-bond donors (Lipinski definition) is 1. The van der Waals surface area contributed by atoms with Gasteiger partial charge in [-0.2, -0.15) is 0 Å². The van der Waals surface area contributed by atoms with Crippen LogP contribution >= 0.6 is 0 Å². The van der Waals surface area contributed by atoms with Crippen molar-refractivity contribution < 1.29 is 4.39 Å². The number of rotatable bonds is 7. The standard InChI is InChI=1S/C16H22FN3/c1-3-9-18-15(13-5-4-6-14(17)12-13)7-8-16-19-10-11-20(16)2/h4-6,10-12,15,18H,3,7-9H2,1-2H3. The van der Waals surface area contributed by atoms with E-state index in [0.717, 1.165) is 37.2 Å². The molecule has 0 aliphatic carbocycles. The second-order valence-corrected chi connectivity index (χ2v) is 5.05. The predicted molar refractivity (Wildman–Crippen MR) is 79.0 cm³/mol. The molecular weight excluding hydrogens is 253 g/mol. The molecule has 0 bridgehead atoms. The second kappa shape index (κ2) is 7.20. The summed E-state index contributed by atoms with van der Waals surface area (Å²) in [7, 11) is 2.00. The van der Waals surface area contributed by atoms with Crippen LogP contribution in [0.2, 0.25) is 0 Å². The molecule has 0 aliphatic rings. The van der Waals surface area contributed by atoms with Crippen molar-refractivity contribution in [1.82, 2.24) is 14.9 Å². The van der Waals surface area contributed by atoms with E-state index >= 15 is 0 Å². The fourth-order valence-corrected chi connectivity index (χ4v) is 2.34. The Kier molecular flexibility index (Phi) is 5.30. The van der Waals surface area contributed by atoms with Crippen molar-refractivity contribution in [3.8, 4) is 0 Å². The zero-order valence-corrected chi connectivity index (χ0v) is 12.1. The largest absolute Gasteiger partial charge is 0.338 e. The summed E-state index contributed by atoms with van der Waals surface area (Å²) in [5.41, 5.74) is 1.01. The van der Waals surface area contributed by atoms with E-state index in [0.29, 0.717) is 0 Å². The Morgan fingerprint density at radius 1 is 1.40 bits per heavy atom. The quantitative estimate of drug-likeness (QED) is 0.840. The Bertz CT molecular complexity index is 536. The van der Waals surface area contributed by atoms with Crippen molar-refractivity contribution in [1.29, 1.82) is 0 Å². The van der Waals surface area contributed by atoms with Crippen molar-refractivity contribution in [2.24, 2.45) is 7.05 Å². The Morgan fingerprint density at radius 2 is 2.25 bits per heavy atom. The molecule has 0 aliphatic heterocycles. The maximum atomic E-state index is 13.4. The van der Waals surface area contributed by atoms with Gasteiger partial charge in [-0.15, -0.1) is 0 Å². The third-order valence-corrected chi connectivity index (χ3v) is 3.47. The van der Waals surface area contributed by atoms with Gasteiger partial charge in [-0.05, 0) is 37.1 Å². The molecule has 2 rings (SSSR count). The third-order valence-electron chi connectivity index (χ3n) is 3.47. The van der Waals surface area contributed by atoms with Crippen LogP contribution in [0.3, 0.4) is 0 Å². The molecule has 0 saturated heterocycles. The molecule has 2 aromatic rings. The van der Waals surface area contributed by atoms with Crippen LogP contribution < -0.4 is 5.32 Å². The molecule has 0 saturated carbocycles. The van der Waals surface area contributed by atoms with Crippen molar-refractivity contribution in [3.05, 3.63) is 53.9 Å². The minimum atomic E-state index is -0.178. The van der Waals surface area contributed by atoms with Gasteiger partial charge < -0.3 is 9.88 Å². The first-order valence-corrected chi connectivity index (χ1v) is 7.15. The first-order valence-electron chi connectivity index (χ1n) is 7.15. The molecule has 0 amide bonds. The zero-order valence-electron chi connectivity index (χ0n) is 12.1. The van der Waals surface area contributed by atoms with Crippen LogP contribution in [0.1, 0.15) is 37.2 Å². The summed E-state index contributed by atoms with van der Waals surface area (Å²) in [5.74, 6) is 0.882. The summed E-state index contributed by atoms with van der Waals surface area (Å²) >= 11 is 0. The van der Waals surface area contributed by atoms with Gasteiger partial charge in [0, 0.05) is 31.9 Å². The normalized spacial score (nSPS) is 12.6. The summed E-state index contributed by atoms with van der Waals surface area (Å²) in [6.45, 7) is 3.07. The smallest absolute Gasteiger partial charge is 0.123 e. The number of aryl methyl sites for hydroxylation is 2. The van der Waals surface area contributed by atoms with Gasteiger partial charge in [0.05, 0.1) is 0 Å². The monoisotopic (exact) mass is 275 g/mol. The molecule has 1 aromatic heterocycles. The highest BCUT2D eigenvalue weighted by Gasteiger charge is 2.12. The third kappa shape index (κ3) is 3.90. The van der Waals surface area contributed by atoms with Crippen LogP contribution in [-0.4, -0.2) is 16.1 Å². The van der Waals surface area contributed by atoms with Gasteiger partial charge in [-0.3, -0.25) is 0 Å². The molecule has 20 heavy (non-hydrogen) atoms. The number of hydrogen-bond acceptors (Lipinski definition) is 2. The first kappa shape index (κ1) is 14.7. The molecule has 0 spiro atoms. The highest BCUT2D eigenvalue weighted by Crippen LogP contribution is 2.19. The van der Waals surface area contributed by atoms with E-state index in [2.05, 4.69) is 17.2 Å². The van der Waals surface area contributed by atoms with Crippen LogP contribution in [0.5, 0.6) is 0 Å². The average Bonchev–Trinajstić information content (AvgIpc) is 2.84. The van der Waals surface area contributed by atoms with Gasteiger partial charge >= 0.3 is 0 Å². The number of halogens is 1. The maximum absolute atomic E-state index is 13.4. The van der Waals surface area contributed by atoms with Gasteiger partial charge in [0.1, 0.15) is 11.6 Å². The van der Waals surface area contributed by atoms with Crippen LogP contribution in [0.25, 0.3) is 0 Å². The Morgan fingerprint density at radius 3 is 2.90 bits per heavy atom. The summed E-state index contributed by atoms with van der Waals surface area (Å²) < 4.78 is 15.4. The van der Waals surface area contributed by atoms with Crippen molar-refractivity contribution in [2.75, 3.05) is 6.54 Å². The van der Waals surface area contributed by atoms with Crippen molar-refractivity contribution in [3.63, 3.8) is 0 Å². The lowest BCUT2D eigenvalue weighted by Gasteiger charge is -2.19. The van der Waals surface area contributed by atoms with E-state index in [-0.39, 0.29) is 11.9 Å². The Labute approximate surface area is 119 Å². The SMILES string of the molecule is CCCNC(CCc1nccn1C)c1cccc(F)c1. The lowest BCUT2D eigenvalue weighted by molar-refractivity contribution is 0.488. The van der Waals surface area contributed by atoms with Crippen LogP contribution in [-0.2, 0) is 13.5 Å². The lowest BCUT2D eigenvalue weighted by Crippen LogP contribution is -2.23. The molecule has 0 radical (unpaired) electrons. The molecule has 4 heteroatoms. The number of aromatic nitrogens is 2. The van der Waals surface area contributed by atoms with Crippen LogP contribution in [0, 0.1) is 5.82 Å². The summed E-state index contributed by atoms with van der Waals surface area (Å²) in [5, 5.41) is 3.49. The fourth-order valence-electron chi connectivity index (χ4n) is 2.34. The highest BCUT2D eigenvalue weighted by atomic mass is 19.1. The lowest BCUT2D eigenvalue weighted by atomic mass is 10.0.